The topological polar surface area (TPSA) is 35.5 Å². The van der Waals surface area contributed by atoms with E-state index in [0.717, 1.165) is 0 Å². The highest BCUT2D eigenvalue weighted by molar-refractivity contribution is 5.84. The van der Waals surface area contributed by atoms with E-state index in [4.69, 9.17) is 4.74 Å². The number of carbonyl (C=O) groups excluding carboxylic acids is 1. The molecule has 0 saturated carbocycles. The molecule has 0 unspecified atom stereocenters. The van der Waals surface area contributed by atoms with Crippen LogP contribution in [0.2, 0.25) is 0 Å². The minimum atomic E-state index is -0.944. The van der Waals surface area contributed by atoms with Crippen LogP contribution in [-0.2, 0) is 19.7 Å². The fraction of sp³-hybridized carbons (Fsp3) is 0.364. The fourth-order valence-electron chi connectivity index (χ4n) is 1.73. The van der Waals surface area contributed by atoms with Gasteiger partial charge in [-0.15, -0.1) is 0 Å². The molecular formula is C11H11FO3. The van der Waals surface area contributed by atoms with Crippen LogP contribution in [0.1, 0.15) is 5.56 Å². The summed E-state index contributed by atoms with van der Waals surface area (Å²) in [4.78, 5) is 11.6. The molecule has 0 spiro atoms. The van der Waals surface area contributed by atoms with Crippen molar-refractivity contribution in [1.29, 1.82) is 0 Å². The first-order valence-electron chi connectivity index (χ1n) is 4.62. The van der Waals surface area contributed by atoms with Crippen LogP contribution in [-0.4, -0.2) is 26.3 Å². The summed E-state index contributed by atoms with van der Waals surface area (Å²) in [5.41, 5.74) is -0.594. The van der Waals surface area contributed by atoms with E-state index >= 15 is 0 Å². The average molecular weight is 210 g/mol. The smallest absolute Gasteiger partial charge is 0.321 e. The maximum atomic E-state index is 13.5. The van der Waals surface area contributed by atoms with Crippen LogP contribution in [0.5, 0.6) is 0 Å². The third kappa shape index (κ3) is 1.41. The van der Waals surface area contributed by atoms with Crippen LogP contribution in [0.25, 0.3) is 0 Å². The molecule has 3 nitrogen and oxygen atoms in total. The lowest BCUT2D eigenvalue weighted by Gasteiger charge is -2.38. The van der Waals surface area contributed by atoms with Crippen LogP contribution < -0.4 is 0 Å². The molecule has 0 radical (unpaired) electrons. The molecule has 15 heavy (non-hydrogen) atoms. The molecule has 2 rings (SSSR count). The normalized spacial score (nSPS) is 18.0. The summed E-state index contributed by atoms with van der Waals surface area (Å²) in [5, 5.41) is 0. The number of esters is 1. The number of carbonyl (C=O) groups is 1. The van der Waals surface area contributed by atoms with Gasteiger partial charge < -0.3 is 9.47 Å². The lowest BCUT2D eigenvalue weighted by atomic mass is 9.78. The van der Waals surface area contributed by atoms with E-state index in [1.54, 1.807) is 18.2 Å². The van der Waals surface area contributed by atoms with E-state index < -0.39 is 17.2 Å². The Morgan fingerprint density at radius 2 is 2.13 bits per heavy atom. The Morgan fingerprint density at radius 1 is 1.47 bits per heavy atom. The molecule has 0 N–H and O–H groups in total. The Hall–Kier alpha value is -1.42. The SMILES string of the molecule is COC(=O)C1(c2ccccc2F)COC1. The second-order valence-corrected chi connectivity index (χ2v) is 3.55. The Bertz CT molecular complexity index is 385. The first kappa shape index (κ1) is 10.1. The molecule has 1 saturated heterocycles. The first-order chi connectivity index (χ1) is 7.20. The number of rotatable bonds is 2. The van der Waals surface area contributed by atoms with Gasteiger partial charge in [-0.2, -0.15) is 0 Å². The second-order valence-electron chi connectivity index (χ2n) is 3.55. The molecule has 0 bridgehead atoms. The van der Waals surface area contributed by atoms with Crippen molar-refractivity contribution in [2.45, 2.75) is 5.41 Å². The van der Waals surface area contributed by atoms with Crippen molar-refractivity contribution < 1.29 is 18.7 Å². The molecule has 0 aliphatic carbocycles. The highest BCUT2D eigenvalue weighted by Crippen LogP contribution is 2.35. The molecule has 1 fully saturated rings. The zero-order valence-corrected chi connectivity index (χ0v) is 8.33. The predicted octanol–water partition coefficient (Wildman–Crippen LogP) is 1.27. The summed E-state index contributed by atoms with van der Waals surface area (Å²) in [6.45, 7) is 0.362. The largest absolute Gasteiger partial charge is 0.468 e. The van der Waals surface area contributed by atoms with E-state index in [1.165, 1.54) is 13.2 Å². The number of halogens is 1. The van der Waals surface area contributed by atoms with Gasteiger partial charge in [0.15, 0.2) is 0 Å². The molecule has 1 aromatic carbocycles. The van der Waals surface area contributed by atoms with E-state index in [2.05, 4.69) is 4.74 Å². The van der Waals surface area contributed by atoms with Crippen molar-refractivity contribution in [2.24, 2.45) is 0 Å². The minimum Gasteiger partial charge on any atom is -0.468 e. The highest BCUT2D eigenvalue weighted by Gasteiger charge is 2.50. The lowest BCUT2D eigenvalue weighted by Crippen LogP contribution is -2.54. The molecule has 0 atom stereocenters. The van der Waals surface area contributed by atoms with E-state index in [9.17, 15) is 9.18 Å². The number of methoxy groups -OCH3 is 1. The fourth-order valence-corrected chi connectivity index (χ4v) is 1.73. The summed E-state index contributed by atoms with van der Waals surface area (Å²) in [6, 6.07) is 6.21. The van der Waals surface area contributed by atoms with Gasteiger partial charge in [0.25, 0.3) is 0 Å². The molecule has 1 heterocycles. The van der Waals surface area contributed by atoms with Crippen molar-refractivity contribution in [3.05, 3.63) is 35.6 Å². The lowest BCUT2D eigenvalue weighted by molar-refractivity contribution is -0.167. The zero-order chi connectivity index (χ0) is 10.9. The van der Waals surface area contributed by atoms with Crippen LogP contribution >= 0.6 is 0 Å². The van der Waals surface area contributed by atoms with Crippen LogP contribution in [0, 0.1) is 5.82 Å². The Labute approximate surface area is 86.8 Å². The van der Waals surface area contributed by atoms with Crippen molar-refractivity contribution in [2.75, 3.05) is 20.3 Å². The maximum absolute atomic E-state index is 13.5. The third-order valence-corrected chi connectivity index (χ3v) is 2.66. The van der Waals surface area contributed by atoms with Gasteiger partial charge in [-0.3, -0.25) is 4.79 Å². The van der Waals surface area contributed by atoms with Crippen LogP contribution in [0.4, 0.5) is 4.39 Å². The Morgan fingerprint density at radius 3 is 2.60 bits per heavy atom. The second kappa shape index (κ2) is 3.62. The van der Waals surface area contributed by atoms with Crippen molar-refractivity contribution in [3.8, 4) is 0 Å². The third-order valence-electron chi connectivity index (χ3n) is 2.66. The minimum absolute atomic E-state index is 0.181. The molecule has 0 aromatic heterocycles. The molecule has 1 aliphatic rings. The first-order valence-corrected chi connectivity index (χ1v) is 4.62. The number of benzene rings is 1. The predicted molar refractivity (Wildman–Crippen MR) is 50.9 cm³/mol. The number of hydrogen-bond donors (Lipinski definition) is 0. The molecule has 1 aliphatic heterocycles. The Kier molecular flexibility index (Phi) is 2.44. The van der Waals surface area contributed by atoms with Gasteiger partial charge in [-0.05, 0) is 6.07 Å². The van der Waals surface area contributed by atoms with Crippen molar-refractivity contribution in [3.63, 3.8) is 0 Å². The van der Waals surface area contributed by atoms with Crippen LogP contribution in [0.15, 0.2) is 24.3 Å². The summed E-state index contributed by atoms with van der Waals surface area (Å²) in [7, 11) is 1.29. The van der Waals surface area contributed by atoms with E-state index in [-0.39, 0.29) is 13.2 Å². The van der Waals surface area contributed by atoms with Gasteiger partial charge in [-0.1, -0.05) is 18.2 Å². The van der Waals surface area contributed by atoms with Crippen molar-refractivity contribution >= 4 is 5.97 Å². The van der Waals surface area contributed by atoms with Crippen molar-refractivity contribution in [1.82, 2.24) is 0 Å². The Balaban J connectivity index is 2.43. The molecule has 1 aromatic rings. The number of ether oxygens (including phenoxy) is 2. The van der Waals surface area contributed by atoms with Gasteiger partial charge >= 0.3 is 5.97 Å². The van der Waals surface area contributed by atoms with Gasteiger partial charge in [0.1, 0.15) is 11.2 Å². The summed E-state index contributed by atoms with van der Waals surface area (Å²) < 4.78 is 23.2. The zero-order valence-electron chi connectivity index (χ0n) is 8.33. The highest BCUT2D eigenvalue weighted by atomic mass is 19.1. The maximum Gasteiger partial charge on any atom is 0.321 e. The number of hydrogen-bond acceptors (Lipinski definition) is 3. The summed E-state index contributed by atoms with van der Waals surface area (Å²) in [5.74, 6) is -0.843. The van der Waals surface area contributed by atoms with Gasteiger partial charge in [0.2, 0.25) is 0 Å². The molecule has 80 valence electrons. The van der Waals surface area contributed by atoms with E-state index in [0.29, 0.717) is 5.56 Å². The average Bonchev–Trinajstić information content (AvgIpc) is 2.19. The molecule has 4 heteroatoms. The van der Waals surface area contributed by atoms with E-state index in [1.807, 2.05) is 0 Å². The monoisotopic (exact) mass is 210 g/mol. The molecule has 0 amide bonds. The standard InChI is InChI=1S/C11H11FO3/c1-14-10(13)11(6-15-7-11)8-4-2-3-5-9(8)12/h2-5H,6-7H2,1H3. The summed E-state index contributed by atoms with van der Waals surface area (Å²) in [6.07, 6.45) is 0. The van der Waals surface area contributed by atoms with Gasteiger partial charge in [-0.25, -0.2) is 4.39 Å². The quantitative estimate of drug-likeness (QED) is 0.689. The van der Waals surface area contributed by atoms with Gasteiger partial charge in [0.05, 0.1) is 20.3 Å². The van der Waals surface area contributed by atoms with Gasteiger partial charge in [0, 0.05) is 5.56 Å². The summed E-state index contributed by atoms with van der Waals surface area (Å²) >= 11 is 0. The van der Waals surface area contributed by atoms with Crippen LogP contribution in [0.3, 0.4) is 0 Å². The molecular weight excluding hydrogens is 199 g/mol.